The zero-order valence-electron chi connectivity index (χ0n) is 19.5. The second kappa shape index (κ2) is 6.73. The summed E-state index contributed by atoms with van der Waals surface area (Å²) in [6.45, 7) is 18.6. The molecule has 0 nitrogen and oxygen atoms in total. The highest BCUT2D eigenvalue weighted by Gasteiger charge is 2.35. The van der Waals surface area contributed by atoms with Crippen molar-refractivity contribution in [3.05, 3.63) is 82.0 Å². The third kappa shape index (κ3) is 3.41. The molecule has 0 saturated heterocycles. The molecule has 152 valence electrons. The predicted molar refractivity (Wildman–Crippen MR) is 127 cm³/mol. The van der Waals surface area contributed by atoms with Crippen molar-refractivity contribution in [1.82, 2.24) is 0 Å². The van der Waals surface area contributed by atoms with E-state index in [1.165, 1.54) is 44.5 Å². The molecular formula is C29H36. The van der Waals surface area contributed by atoms with E-state index in [4.69, 9.17) is 0 Å². The van der Waals surface area contributed by atoms with E-state index >= 15 is 0 Å². The molecule has 0 aromatic heterocycles. The first-order valence-electron chi connectivity index (χ1n) is 11.2. The van der Waals surface area contributed by atoms with E-state index in [-0.39, 0.29) is 10.8 Å². The fourth-order valence-electron chi connectivity index (χ4n) is 4.93. The molecule has 0 bridgehead atoms. The maximum Gasteiger partial charge on any atom is 0.0352 e. The van der Waals surface area contributed by atoms with Crippen LogP contribution in [0, 0.1) is 5.92 Å². The molecule has 29 heavy (non-hydrogen) atoms. The summed E-state index contributed by atoms with van der Waals surface area (Å²) >= 11 is 0. The Bertz CT molecular complexity index is 949. The van der Waals surface area contributed by atoms with Gasteiger partial charge in [0.2, 0.25) is 0 Å². The average Bonchev–Trinajstić information content (AvgIpc) is 3.21. The molecule has 0 N–H and O–H groups in total. The van der Waals surface area contributed by atoms with Gasteiger partial charge in [-0.05, 0) is 67.7 Å². The average molecular weight is 385 g/mol. The number of hydrogen-bond acceptors (Lipinski definition) is 0. The van der Waals surface area contributed by atoms with Crippen molar-refractivity contribution in [2.45, 2.75) is 78.6 Å². The van der Waals surface area contributed by atoms with Crippen LogP contribution < -0.4 is 0 Å². The Labute approximate surface area is 177 Å². The number of fused-ring (bicyclic) bond motifs is 3. The van der Waals surface area contributed by atoms with Crippen molar-refractivity contribution >= 4 is 0 Å². The van der Waals surface area contributed by atoms with Gasteiger partial charge in [-0.25, -0.2) is 0 Å². The Morgan fingerprint density at radius 1 is 0.724 bits per heavy atom. The summed E-state index contributed by atoms with van der Waals surface area (Å²) in [6, 6.07) is 14.4. The second-order valence-electron chi connectivity index (χ2n) is 11.2. The first-order chi connectivity index (χ1) is 13.5. The molecule has 0 heteroatoms. The van der Waals surface area contributed by atoms with Gasteiger partial charge in [-0.3, -0.25) is 0 Å². The molecule has 0 fully saturated rings. The highest BCUT2D eigenvalue weighted by molar-refractivity contribution is 5.82. The van der Waals surface area contributed by atoms with Crippen LogP contribution in [0.1, 0.15) is 90.0 Å². The summed E-state index contributed by atoms with van der Waals surface area (Å²) in [5.74, 6) is 0.925. The Hall–Kier alpha value is -2.08. The zero-order chi connectivity index (χ0) is 21.1. The molecule has 0 aliphatic heterocycles. The van der Waals surface area contributed by atoms with Crippen LogP contribution in [0.2, 0.25) is 0 Å². The maximum atomic E-state index is 2.49. The van der Waals surface area contributed by atoms with Crippen LogP contribution in [0.5, 0.6) is 0 Å². The largest absolute Gasteiger partial charge is 0.0769 e. The highest BCUT2D eigenvalue weighted by atomic mass is 14.4. The lowest BCUT2D eigenvalue weighted by Gasteiger charge is -2.25. The first-order valence-corrected chi connectivity index (χ1v) is 11.2. The summed E-state index contributed by atoms with van der Waals surface area (Å²) in [7, 11) is 0. The highest BCUT2D eigenvalue weighted by Crippen LogP contribution is 2.53. The van der Waals surface area contributed by atoms with E-state index in [0.717, 1.165) is 6.42 Å². The number of hydrogen-bond donors (Lipinski definition) is 0. The monoisotopic (exact) mass is 384 g/mol. The Kier molecular flexibility index (Phi) is 4.69. The minimum absolute atomic E-state index is 0.158. The topological polar surface area (TPSA) is 0 Å². The van der Waals surface area contributed by atoms with Crippen LogP contribution in [0.4, 0.5) is 0 Å². The summed E-state index contributed by atoms with van der Waals surface area (Å²) in [4.78, 5) is 0. The van der Waals surface area contributed by atoms with Crippen LogP contribution in [-0.4, -0.2) is 0 Å². The van der Waals surface area contributed by atoms with Crippen LogP contribution in [-0.2, 0) is 10.8 Å². The van der Waals surface area contributed by atoms with Gasteiger partial charge < -0.3 is 0 Å². The standard InChI is InChI=1S/C29H36/c1-18(2)21-10-9-11-24(21)27-25-16-19(28(3,4)5)12-14-22(25)23-15-13-20(17-26(23)27)29(6,7)8/h10-18,27H,9H2,1-8H3. The Balaban J connectivity index is 1.95. The molecule has 4 rings (SSSR count). The maximum absolute atomic E-state index is 2.49. The van der Waals surface area contributed by atoms with Gasteiger partial charge in [0.1, 0.15) is 0 Å². The summed E-state index contributed by atoms with van der Waals surface area (Å²) in [5, 5.41) is 0. The van der Waals surface area contributed by atoms with Gasteiger partial charge in [-0.2, -0.15) is 0 Å². The van der Waals surface area contributed by atoms with E-state index in [1.54, 1.807) is 0 Å². The van der Waals surface area contributed by atoms with E-state index in [2.05, 4.69) is 104 Å². The van der Waals surface area contributed by atoms with Gasteiger partial charge in [0.25, 0.3) is 0 Å². The quantitative estimate of drug-likeness (QED) is 0.488. The van der Waals surface area contributed by atoms with E-state index in [1.807, 2.05) is 0 Å². The molecule has 2 aromatic rings. The number of benzene rings is 2. The Morgan fingerprint density at radius 2 is 1.21 bits per heavy atom. The van der Waals surface area contributed by atoms with Gasteiger partial charge >= 0.3 is 0 Å². The van der Waals surface area contributed by atoms with Crippen molar-refractivity contribution in [3.8, 4) is 11.1 Å². The summed E-state index contributed by atoms with van der Waals surface area (Å²) in [6.07, 6.45) is 5.99. The third-order valence-electron chi connectivity index (χ3n) is 6.69. The van der Waals surface area contributed by atoms with Crippen LogP contribution in [0.15, 0.2) is 59.7 Å². The summed E-state index contributed by atoms with van der Waals surface area (Å²) in [5.41, 5.74) is 12.1. The first kappa shape index (κ1) is 20.2. The predicted octanol–water partition coefficient (Wildman–Crippen LogP) is 8.31. The van der Waals surface area contributed by atoms with Crippen molar-refractivity contribution in [2.75, 3.05) is 0 Å². The molecular weight excluding hydrogens is 348 g/mol. The molecule has 2 aliphatic carbocycles. The molecule has 0 atom stereocenters. The molecule has 0 heterocycles. The van der Waals surface area contributed by atoms with E-state index in [9.17, 15) is 0 Å². The lowest BCUT2D eigenvalue weighted by molar-refractivity contribution is 0.588. The minimum Gasteiger partial charge on any atom is -0.0769 e. The van der Waals surface area contributed by atoms with Crippen molar-refractivity contribution < 1.29 is 0 Å². The lowest BCUT2D eigenvalue weighted by Crippen LogP contribution is -2.13. The second-order valence-corrected chi connectivity index (χ2v) is 11.2. The third-order valence-corrected chi connectivity index (χ3v) is 6.69. The fourth-order valence-corrected chi connectivity index (χ4v) is 4.93. The SMILES string of the molecule is CC(C)C1=CCC=C1C1c2cc(C(C)(C)C)ccc2-c2ccc(C(C)(C)C)cc21. The van der Waals surface area contributed by atoms with Gasteiger partial charge in [-0.15, -0.1) is 0 Å². The smallest absolute Gasteiger partial charge is 0.0352 e. The molecule has 2 aromatic carbocycles. The zero-order valence-corrected chi connectivity index (χ0v) is 19.5. The van der Waals surface area contributed by atoms with Crippen LogP contribution in [0.3, 0.4) is 0 Å². The van der Waals surface area contributed by atoms with Gasteiger partial charge in [0.05, 0.1) is 0 Å². The van der Waals surface area contributed by atoms with Gasteiger partial charge in [0, 0.05) is 5.92 Å². The van der Waals surface area contributed by atoms with Crippen LogP contribution >= 0.6 is 0 Å². The lowest BCUT2D eigenvalue weighted by atomic mass is 9.79. The molecule has 0 spiro atoms. The number of allylic oxidation sites excluding steroid dienone is 4. The van der Waals surface area contributed by atoms with E-state index in [0.29, 0.717) is 11.8 Å². The normalized spacial score (nSPS) is 16.7. The van der Waals surface area contributed by atoms with Crippen LogP contribution in [0.25, 0.3) is 11.1 Å². The van der Waals surface area contributed by atoms with Crippen molar-refractivity contribution in [3.63, 3.8) is 0 Å². The molecule has 0 amide bonds. The summed E-state index contributed by atoms with van der Waals surface area (Å²) < 4.78 is 0. The Morgan fingerprint density at radius 3 is 1.62 bits per heavy atom. The molecule has 0 saturated carbocycles. The molecule has 0 unspecified atom stereocenters. The van der Waals surface area contributed by atoms with Gasteiger partial charge in [-0.1, -0.05) is 104 Å². The molecule has 2 aliphatic rings. The number of rotatable bonds is 2. The fraction of sp³-hybridized carbons (Fsp3) is 0.448. The van der Waals surface area contributed by atoms with Crippen molar-refractivity contribution in [1.29, 1.82) is 0 Å². The minimum atomic E-state index is 0.158. The van der Waals surface area contributed by atoms with Gasteiger partial charge in [0.15, 0.2) is 0 Å². The molecule has 0 radical (unpaired) electrons. The van der Waals surface area contributed by atoms with Crippen molar-refractivity contribution in [2.24, 2.45) is 5.92 Å². The van der Waals surface area contributed by atoms with E-state index < -0.39 is 0 Å².